The van der Waals surface area contributed by atoms with Gasteiger partial charge in [0.2, 0.25) is 10.0 Å². The van der Waals surface area contributed by atoms with Gasteiger partial charge in [-0.25, -0.2) is 8.42 Å². The monoisotopic (exact) mass is 360 g/mol. The van der Waals surface area contributed by atoms with Gasteiger partial charge in [-0.1, -0.05) is 35.9 Å². The van der Waals surface area contributed by atoms with Crippen molar-refractivity contribution in [1.29, 1.82) is 0 Å². The first-order valence-electron chi connectivity index (χ1n) is 8.00. The summed E-state index contributed by atoms with van der Waals surface area (Å²) < 4.78 is 25.4. The van der Waals surface area contributed by atoms with Crippen molar-refractivity contribution < 1.29 is 13.2 Å². The van der Waals surface area contributed by atoms with Crippen LogP contribution in [0, 0.1) is 13.8 Å². The summed E-state index contributed by atoms with van der Waals surface area (Å²) >= 11 is 0. The Kier molecular flexibility index (Phi) is 5.52. The number of benzene rings is 2. The molecule has 2 rings (SSSR count). The van der Waals surface area contributed by atoms with Crippen LogP contribution < -0.4 is 4.72 Å². The van der Waals surface area contributed by atoms with Crippen LogP contribution in [-0.2, 0) is 10.0 Å². The first-order chi connectivity index (χ1) is 11.6. The van der Waals surface area contributed by atoms with E-state index < -0.39 is 10.0 Å². The predicted molar refractivity (Wildman–Crippen MR) is 101 cm³/mol. The molecular weight excluding hydrogens is 336 g/mol. The molecule has 0 aromatic heterocycles. The zero-order valence-electron chi connectivity index (χ0n) is 15.2. The zero-order valence-corrected chi connectivity index (χ0v) is 16.0. The maximum Gasteiger partial charge on any atom is 0.254 e. The van der Waals surface area contributed by atoms with E-state index in [-0.39, 0.29) is 11.9 Å². The van der Waals surface area contributed by atoms with Crippen LogP contribution in [0.15, 0.2) is 42.5 Å². The molecule has 0 radical (unpaired) electrons. The van der Waals surface area contributed by atoms with Crippen LogP contribution >= 0.6 is 0 Å². The number of amides is 1. The van der Waals surface area contributed by atoms with Crippen molar-refractivity contribution in [2.24, 2.45) is 0 Å². The second-order valence-electron chi connectivity index (χ2n) is 6.41. The van der Waals surface area contributed by atoms with Crippen LogP contribution in [0.5, 0.6) is 0 Å². The third-order valence-electron chi connectivity index (χ3n) is 4.24. The number of hydrogen-bond acceptors (Lipinski definition) is 3. The van der Waals surface area contributed by atoms with E-state index in [2.05, 4.69) is 4.72 Å². The van der Waals surface area contributed by atoms with E-state index >= 15 is 0 Å². The predicted octanol–water partition coefficient (Wildman–Crippen LogP) is 3.51. The van der Waals surface area contributed by atoms with Crippen LogP contribution in [0.1, 0.15) is 40.0 Å². The molecule has 25 heavy (non-hydrogen) atoms. The van der Waals surface area contributed by atoms with Crippen molar-refractivity contribution in [3.8, 4) is 0 Å². The highest BCUT2D eigenvalue weighted by Crippen LogP contribution is 2.24. The molecule has 0 aliphatic heterocycles. The molecule has 5 nitrogen and oxygen atoms in total. The third kappa shape index (κ3) is 4.82. The van der Waals surface area contributed by atoms with Crippen LogP contribution in [0.3, 0.4) is 0 Å². The molecule has 2 aromatic carbocycles. The molecule has 6 heteroatoms. The Morgan fingerprint density at radius 2 is 1.68 bits per heavy atom. The largest absolute Gasteiger partial charge is 0.335 e. The van der Waals surface area contributed by atoms with Gasteiger partial charge in [0.05, 0.1) is 18.0 Å². The number of sulfonamides is 1. The van der Waals surface area contributed by atoms with E-state index in [1.165, 1.54) is 5.56 Å². The van der Waals surface area contributed by atoms with Gasteiger partial charge in [-0.3, -0.25) is 9.52 Å². The number of nitrogens with one attached hydrogen (secondary N) is 1. The minimum atomic E-state index is -3.40. The molecule has 0 bridgehead atoms. The molecule has 0 aliphatic carbocycles. The fourth-order valence-corrected chi connectivity index (χ4v) is 3.13. The molecule has 1 atom stereocenters. The van der Waals surface area contributed by atoms with Crippen LogP contribution in [-0.4, -0.2) is 32.5 Å². The lowest BCUT2D eigenvalue weighted by Gasteiger charge is -2.26. The van der Waals surface area contributed by atoms with Gasteiger partial charge < -0.3 is 4.90 Å². The average Bonchev–Trinajstić information content (AvgIpc) is 2.54. The van der Waals surface area contributed by atoms with Gasteiger partial charge in [-0.05, 0) is 44.0 Å². The molecule has 1 unspecified atom stereocenters. The summed E-state index contributed by atoms with van der Waals surface area (Å²) in [6.07, 6.45) is 1.09. The molecule has 0 saturated carbocycles. The van der Waals surface area contributed by atoms with Crippen molar-refractivity contribution in [2.45, 2.75) is 26.8 Å². The zero-order chi connectivity index (χ0) is 18.8. The molecule has 0 aliphatic rings. The van der Waals surface area contributed by atoms with Gasteiger partial charge in [-0.2, -0.15) is 0 Å². The summed E-state index contributed by atoms with van der Waals surface area (Å²) in [5.74, 6) is -0.162. The standard InChI is InChI=1S/C19H24N2O3S/c1-13-6-9-16(10-7-13)15(3)21(4)19(22)17-11-8-14(2)18(12-17)20-25(5,23)24/h6-12,15,20H,1-5H3. The van der Waals surface area contributed by atoms with Gasteiger partial charge in [0.1, 0.15) is 0 Å². The molecular formula is C19H24N2O3S. The van der Waals surface area contributed by atoms with Crippen molar-refractivity contribution in [1.82, 2.24) is 4.90 Å². The molecule has 1 amide bonds. The van der Waals surface area contributed by atoms with E-state index in [1.807, 2.05) is 38.1 Å². The maximum absolute atomic E-state index is 12.8. The fraction of sp³-hybridized carbons (Fsp3) is 0.316. The molecule has 1 N–H and O–H groups in total. The highest BCUT2D eigenvalue weighted by atomic mass is 32.2. The lowest BCUT2D eigenvalue weighted by Crippen LogP contribution is -2.29. The highest BCUT2D eigenvalue weighted by molar-refractivity contribution is 7.92. The van der Waals surface area contributed by atoms with E-state index in [9.17, 15) is 13.2 Å². The number of carbonyl (C=O) groups is 1. The minimum Gasteiger partial charge on any atom is -0.335 e. The molecule has 0 spiro atoms. The first kappa shape index (κ1) is 19.0. The second kappa shape index (κ2) is 7.27. The van der Waals surface area contributed by atoms with Crippen LogP contribution in [0.25, 0.3) is 0 Å². The normalized spacial score (nSPS) is 12.5. The first-order valence-corrected chi connectivity index (χ1v) is 9.90. The van der Waals surface area contributed by atoms with Gasteiger partial charge in [0.25, 0.3) is 5.91 Å². The lowest BCUT2D eigenvalue weighted by molar-refractivity contribution is 0.0742. The average molecular weight is 360 g/mol. The number of rotatable bonds is 5. The van der Waals surface area contributed by atoms with Crippen LogP contribution in [0.2, 0.25) is 0 Å². The number of anilines is 1. The van der Waals surface area contributed by atoms with Gasteiger partial charge in [-0.15, -0.1) is 0 Å². The Morgan fingerprint density at radius 3 is 2.24 bits per heavy atom. The Balaban J connectivity index is 2.27. The Hall–Kier alpha value is -2.34. The highest BCUT2D eigenvalue weighted by Gasteiger charge is 2.20. The molecule has 0 heterocycles. The summed E-state index contributed by atoms with van der Waals surface area (Å²) in [4.78, 5) is 14.5. The Labute approximate surface area is 149 Å². The van der Waals surface area contributed by atoms with Crippen molar-refractivity contribution in [3.63, 3.8) is 0 Å². The molecule has 134 valence electrons. The Bertz CT molecular complexity index is 874. The van der Waals surface area contributed by atoms with Crippen molar-refractivity contribution in [3.05, 3.63) is 64.7 Å². The van der Waals surface area contributed by atoms with E-state index in [4.69, 9.17) is 0 Å². The van der Waals surface area contributed by atoms with Gasteiger partial charge in [0, 0.05) is 12.6 Å². The van der Waals surface area contributed by atoms with Crippen molar-refractivity contribution in [2.75, 3.05) is 18.0 Å². The summed E-state index contributed by atoms with van der Waals surface area (Å²) in [6.45, 7) is 5.78. The molecule has 2 aromatic rings. The summed E-state index contributed by atoms with van der Waals surface area (Å²) in [6, 6.07) is 13.0. The minimum absolute atomic E-state index is 0.0966. The third-order valence-corrected chi connectivity index (χ3v) is 4.83. The topological polar surface area (TPSA) is 66.5 Å². The number of hydrogen-bond donors (Lipinski definition) is 1. The number of nitrogens with zero attached hydrogens (tertiary/aromatic N) is 1. The van der Waals surface area contributed by atoms with Crippen molar-refractivity contribution >= 4 is 21.6 Å². The lowest BCUT2D eigenvalue weighted by atomic mass is 10.0. The SMILES string of the molecule is Cc1ccc(C(C)N(C)C(=O)c2ccc(C)c(NS(C)(=O)=O)c2)cc1. The quantitative estimate of drug-likeness (QED) is 0.887. The molecule has 0 fully saturated rings. The Morgan fingerprint density at radius 1 is 1.08 bits per heavy atom. The van der Waals surface area contributed by atoms with E-state index in [0.29, 0.717) is 11.3 Å². The summed E-state index contributed by atoms with van der Waals surface area (Å²) in [7, 11) is -1.65. The molecule has 0 saturated heterocycles. The summed E-state index contributed by atoms with van der Waals surface area (Å²) in [5, 5.41) is 0. The second-order valence-corrected chi connectivity index (χ2v) is 8.16. The van der Waals surface area contributed by atoms with E-state index in [1.54, 1.807) is 37.1 Å². The number of carbonyl (C=O) groups excluding carboxylic acids is 1. The van der Waals surface area contributed by atoms with E-state index in [0.717, 1.165) is 17.4 Å². The number of aryl methyl sites for hydroxylation is 2. The fourth-order valence-electron chi connectivity index (χ4n) is 2.51. The van der Waals surface area contributed by atoms with Gasteiger partial charge in [0.15, 0.2) is 0 Å². The maximum atomic E-state index is 12.8. The van der Waals surface area contributed by atoms with Crippen LogP contribution in [0.4, 0.5) is 5.69 Å². The summed E-state index contributed by atoms with van der Waals surface area (Å²) in [5.41, 5.74) is 3.84. The van der Waals surface area contributed by atoms with Gasteiger partial charge >= 0.3 is 0 Å². The smallest absolute Gasteiger partial charge is 0.254 e.